The molecule has 0 radical (unpaired) electrons. The van der Waals surface area contributed by atoms with Crippen LogP contribution in [-0.2, 0) is 0 Å². The fourth-order valence-corrected chi connectivity index (χ4v) is 4.19. The van der Waals surface area contributed by atoms with Crippen molar-refractivity contribution < 1.29 is 0 Å². The van der Waals surface area contributed by atoms with Crippen LogP contribution >= 0.6 is 0 Å². The molecular weight excluding hydrogens is 224 g/mol. The van der Waals surface area contributed by atoms with Crippen LogP contribution in [0.5, 0.6) is 0 Å². The van der Waals surface area contributed by atoms with Gasteiger partial charge in [0, 0.05) is 37.8 Å². The normalized spacial score (nSPS) is 40.0. The molecule has 4 heteroatoms. The molecule has 2 unspecified atom stereocenters. The second-order valence-corrected chi connectivity index (χ2v) is 6.55. The third-order valence-electron chi connectivity index (χ3n) is 5.39. The molecule has 0 spiro atoms. The first-order valence-corrected chi connectivity index (χ1v) is 7.61. The van der Waals surface area contributed by atoms with E-state index >= 15 is 0 Å². The lowest BCUT2D eigenvalue weighted by Crippen LogP contribution is -2.55. The van der Waals surface area contributed by atoms with Crippen LogP contribution in [0.4, 0.5) is 0 Å². The van der Waals surface area contributed by atoms with E-state index in [2.05, 4.69) is 21.7 Å². The highest BCUT2D eigenvalue weighted by atomic mass is 15.3. The summed E-state index contributed by atoms with van der Waals surface area (Å²) in [5.74, 6) is 0. The van der Waals surface area contributed by atoms with Gasteiger partial charge in [0.15, 0.2) is 0 Å². The molecule has 4 nitrogen and oxygen atoms in total. The fourth-order valence-electron chi connectivity index (χ4n) is 4.19. The molecule has 0 bridgehead atoms. The average molecular weight is 252 g/mol. The smallest absolute Gasteiger partial charge is 0.0471 e. The lowest BCUT2D eigenvalue weighted by atomic mass is 9.96. The molecule has 18 heavy (non-hydrogen) atoms. The molecule has 3 saturated heterocycles. The van der Waals surface area contributed by atoms with Gasteiger partial charge in [-0.2, -0.15) is 0 Å². The summed E-state index contributed by atoms with van der Waals surface area (Å²) < 4.78 is 0. The second kappa shape index (κ2) is 5.08. The number of nitrogens with two attached hydrogens (primary N) is 1. The zero-order chi connectivity index (χ0) is 12.6. The topological polar surface area (TPSA) is 35.7 Å². The van der Waals surface area contributed by atoms with Crippen molar-refractivity contribution in [3.63, 3.8) is 0 Å². The van der Waals surface area contributed by atoms with Gasteiger partial charge in [-0.25, -0.2) is 0 Å². The molecule has 2 atom stereocenters. The van der Waals surface area contributed by atoms with Crippen molar-refractivity contribution in [2.75, 3.05) is 52.9 Å². The molecule has 0 aliphatic carbocycles. The highest BCUT2D eigenvalue weighted by Crippen LogP contribution is 2.31. The van der Waals surface area contributed by atoms with Gasteiger partial charge in [-0.1, -0.05) is 0 Å². The van der Waals surface area contributed by atoms with E-state index in [4.69, 9.17) is 5.73 Å². The Labute approximate surface area is 111 Å². The zero-order valence-electron chi connectivity index (χ0n) is 11.8. The minimum absolute atomic E-state index is 0.281. The van der Waals surface area contributed by atoms with E-state index in [1.165, 1.54) is 58.4 Å². The molecule has 3 rings (SSSR count). The van der Waals surface area contributed by atoms with Crippen LogP contribution in [0.2, 0.25) is 0 Å². The maximum Gasteiger partial charge on any atom is 0.0471 e. The number of likely N-dealkylation sites (N-methyl/N-ethyl adjacent to an activating group) is 1. The van der Waals surface area contributed by atoms with Crippen molar-refractivity contribution >= 4 is 0 Å². The quantitative estimate of drug-likeness (QED) is 0.778. The number of rotatable bonds is 3. The molecule has 2 N–H and O–H groups in total. The summed E-state index contributed by atoms with van der Waals surface area (Å²) in [6.07, 6.45) is 5.42. The Morgan fingerprint density at radius 2 is 1.94 bits per heavy atom. The summed E-state index contributed by atoms with van der Waals surface area (Å²) >= 11 is 0. The molecule has 3 heterocycles. The zero-order valence-corrected chi connectivity index (χ0v) is 11.8. The Hall–Kier alpha value is -0.160. The Morgan fingerprint density at radius 3 is 2.56 bits per heavy atom. The van der Waals surface area contributed by atoms with Crippen LogP contribution in [0, 0.1) is 0 Å². The van der Waals surface area contributed by atoms with Gasteiger partial charge in [-0.15, -0.1) is 0 Å². The first kappa shape index (κ1) is 12.9. The molecule has 0 amide bonds. The van der Waals surface area contributed by atoms with Gasteiger partial charge in [0.05, 0.1) is 0 Å². The molecule has 0 saturated carbocycles. The number of hydrogen-bond donors (Lipinski definition) is 1. The Balaban J connectivity index is 1.63. The Morgan fingerprint density at radius 1 is 1.17 bits per heavy atom. The number of hydrogen-bond acceptors (Lipinski definition) is 4. The van der Waals surface area contributed by atoms with Gasteiger partial charge < -0.3 is 10.6 Å². The van der Waals surface area contributed by atoms with Gasteiger partial charge in [-0.05, 0) is 52.4 Å². The van der Waals surface area contributed by atoms with Crippen LogP contribution in [0.1, 0.15) is 25.7 Å². The number of nitrogens with zero attached hydrogens (tertiary/aromatic N) is 3. The molecule has 3 fully saturated rings. The lowest BCUT2D eigenvalue weighted by molar-refractivity contribution is 0.118. The van der Waals surface area contributed by atoms with E-state index in [0.29, 0.717) is 0 Å². The maximum absolute atomic E-state index is 6.13. The van der Waals surface area contributed by atoms with Crippen molar-refractivity contribution in [3.8, 4) is 0 Å². The third kappa shape index (κ3) is 2.20. The monoisotopic (exact) mass is 252 g/mol. The van der Waals surface area contributed by atoms with E-state index in [0.717, 1.165) is 19.1 Å². The summed E-state index contributed by atoms with van der Waals surface area (Å²) in [6, 6.07) is 0.807. The molecule has 0 aromatic carbocycles. The molecule has 104 valence electrons. The Kier molecular flexibility index (Phi) is 3.63. The van der Waals surface area contributed by atoms with Crippen molar-refractivity contribution in [2.45, 2.75) is 37.3 Å². The minimum atomic E-state index is 0.281. The third-order valence-corrected chi connectivity index (χ3v) is 5.39. The SMILES string of the molecule is CN1CCC(CN)(N2CCC(N3CCCC3)C2)C1. The van der Waals surface area contributed by atoms with E-state index in [1.54, 1.807) is 0 Å². The van der Waals surface area contributed by atoms with Gasteiger partial charge in [0.25, 0.3) is 0 Å². The summed E-state index contributed by atoms with van der Waals surface area (Å²) in [5.41, 5.74) is 6.41. The van der Waals surface area contributed by atoms with Crippen molar-refractivity contribution in [3.05, 3.63) is 0 Å². The maximum atomic E-state index is 6.13. The van der Waals surface area contributed by atoms with E-state index in [1.807, 2.05) is 0 Å². The molecular formula is C14H28N4. The molecule has 3 aliphatic rings. The van der Waals surface area contributed by atoms with Gasteiger partial charge in [0.1, 0.15) is 0 Å². The van der Waals surface area contributed by atoms with Gasteiger partial charge in [0.2, 0.25) is 0 Å². The van der Waals surface area contributed by atoms with Crippen LogP contribution in [0.25, 0.3) is 0 Å². The van der Waals surface area contributed by atoms with Crippen LogP contribution in [0.15, 0.2) is 0 Å². The first-order valence-electron chi connectivity index (χ1n) is 7.61. The van der Waals surface area contributed by atoms with Crippen molar-refractivity contribution in [1.82, 2.24) is 14.7 Å². The van der Waals surface area contributed by atoms with E-state index in [-0.39, 0.29) is 5.54 Å². The largest absolute Gasteiger partial charge is 0.329 e. The molecule has 3 aliphatic heterocycles. The van der Waals surface area contributed by atoms with Crippen molar-refractivity contribution in [1.29, 1.82) is 0 Å². The summed E-state index contributed by atoms with van der Waals surface area (Å²) in [7, 11) is 2.23. The van der Waals surface area contributed by atoms with Crippen LogP contribution < -0.4 is 5.73 Å². The van der Waals surface area contributed by atoms with Crippen molar-refractivity contribution in [2.24, 2.45) is 5.73 Å². The van der Waals surface area contributed by atoms with Gasteiger partial charge in [-0.3, -0.25) is 9.80 Å². The Bertz CT molecular complexity index is 290. The highest BCUT2D eigenvalue weighted by Gasteiger charge is 2.44. The predicted octanol–water partition coefficient (Wildman–Crippen LogP) is 0.190. The standard InChI is InChI=1S/C14H28N4/c1-16-9-5-14(11-15,12-16)18-8-4-13(10-18)17-6-2-3-7-17/h13H,2-12,15H2,1H3. The lowest BCUT2D eigenvalue weighted by Gasteiger charge is -2.38. The van der Waals surface area contributed by atoms with E-state index < -0.39 is 0 Å². The van der Waals surface area contributed by atoms with E-state index in [9.17, 15) is 0 Å². The number of likely N-dealkylation sites (tertiary alicyclic amines) is 3. The summed E-state index contributed by atoms with van der Waals surface area (Å²) in [5, 5.41) is 0. The first-order chi connectivity index (χ1) is 8.73. The van der Waals surface area contributed by atoms with Crippen LogP contribution in [-0.4, -0.2) is 79.1 Å². The fraction of sp³-hybridized carbons (Fsp3) is 1.00. The molecule has 0 aromatic heterocycles. The summed E-state index contributed by atoms with van der Waals surface area (Å²) in [6.45, 7) is 8.36. The average Bonchev–Trinajstić information content (AvgIpc) is 3.09. The van der Waals surface area contributed by atoms with Crippen LogP contribution in [0.3, 0.4) is 0 Å². The second-order valence-electron chi connectivity index (χ2n) is 6.55. The minimum Gasteiger partial charge on any atom is -0.329 e. The predicted molar refractivity (Wildman–Crippen MR) is 74.7 cm³/mol. The molecule has 0 aromatic rings. The summed E-state index contributed by atoms with van der Waals surface area (Å²) in [4.78, 5) is 7.86. The highest BCUT2D eigenvalue weighted by molar-refractivity contribution is 5.03. The van der Waals surface area contributed by atoms with Gasteiger partial charge >= 0.3 is 0 Å².